The molecule has 29 heavy (non-hydrogen) atoms. The molecule has 1 aliphatic rings. The van der Waals surface area contributed by atoms with Gasteiger partial charge in [0.05, 0.1) is 11.3 Å². The van der Waals surface area contributed by atoms with Crippen LogP contribution in [0.3, 0.4) is 0 Å². The highest BCUT2D eigenvalue weighted by molar-refractivity contribution is 9.10. The van der Waals surface area contributed by atoms with Crippen molar-refractivity contribution in [3.05, 3.63) is 75.0 Å². The molecule has 0 saturated heterocycles. The largest absolute Gasteiger partial charge is 0.299 e. The lowest BCUT2D eigenvalue weighted by Gasteiger charge is -2.09. The zero-order chi connectivity index (χ0) is 20.0. The first-order valence-corrected chi connectivity index (χ1v) is 10.9. The second-order valence-corrected chi connectivity index (χ2v) is 8.70. The van der Waals surface area contributed by atoms with Gasteiger partial charge >= 0.3 is 0 Å². The maximum absolute atomic E-state index is 14.3. The standard InChI is InChI=1S/C20H15BrFN5OS/c21-12-5-8-17-23-13(9-18(28)26(17)10-12)11-29-20-25-24-19(27(20)14-6-7-14)15-3-1-2-4-16(15)22/h1-5,8-10,14H,6-7,11H2. The van der Waals surface area contributed by atoms with E-state index in [-0.39, 0.29) is 17.4 Å². The van der Waals surface area contributed by atoms with Crippen LogP contribution in [0.2, 0.25) is 0 Å². The van der Waals surface area contributed by atoms with Crippen LogP contribution < -0.4 is 5.56 Å². The van der Waals surface area contributed by atoms with Gasteiger partial charge in [-0.2, -0.15) is 0 Å². The maximum atomic E-state index is 14.3. The number of hydrogen-bond acceptors (Lipinski definition) is 5. The van der Waals surface area contributed by atoms with Crippen molar-refractivity contribution in [3.63, 3.8) is 0 Å². The zero-order valence-corrected chi connectivity index (χ0v) is 17.5. The van der Waals surface area contributed by atoms with Gasteiger partial charge < -0.3 is 0 Å². The molecule has 0 aliphatic heterocycles. The van der Waals surface area contributed by atoms with Crippen molar-refractivity contribution in [2.45, 2.75) is 29.8 Å². The predicted molar refractivity (Wildman–Crippen MR) is 112 cm³/mol. The van der Waals surface area contributed by atoms with Crippen LogP contribution in [-0.2, 0) is 5.75 Å². The van der Waals surface area contributed by atoms with Crippen molar-refractivity contribution in [3.8, 4) is 11.4 Å². The molecule has 0 atom stereocenters. The van der Waals surface area contributed by atoms with Gasteiger partial charge in [-0.1, -0.05) is 23.9 Å². The van der Waals surface area contributed by atoms with Gasteiger partial charge in [0.25, 0.3) is 5.56 Å². The molecule has 0 bridgehead atoms. The Hall–Kier alpha value is -2.52. The smallest absolute Gasteiger partial charge is 0.258 e. The zero-order valence-electron chi connectivity index (χ0n) is 15.1. The summed E-state index contributed by atoms with van der Waals surface area (Å²) in [6.45, 7) is 0. The number of pyridine rings is 1. The number of nitrogens with zero attached hydrogens (tertiary/aromatic N) is 5. The van der Waals surface area contributed by atoms with Crippen molar-refractivity contribution < 1.29 is 4.39 Å². The lowest BCUT2D eigenvalue weighted by molar-refractivity contribution is 0.622. The van der Waals surface area contributed by atoms with E-state index in [1.165, 1.54) is 28.3 Å². The van der Waals surface area contributed by atoms with Crippen molar-refractivity contribution in [1.82, 2.24) is 24.1 Å². The SMILES string of the molecule is O=c1cc(CSc2nnc(-c3ccccc3F)n2C2CC2)nc2ccc(Br)cn12. The molecular weight excluding hydrogens is 457 g/mol. The summed E-state index contributed by atoms with van der Waals surface area (Å²) in [7, 11) is 0. The average Bonchev–Trinajstić information content (AvgIpc) is 3.47. The van der Waals surface area contributed by atoms with E-state index in [2.05, 4.69) is 31.1 Å². The molecule has 0 unspecified atom stereocenters. The van der Waals surface area contributed by atoms with Gasteiger partial charge in [0.2, 0.25) is 0 Å². The van der Waals surface area contributed by atoms with E-state index in [4.69, 9.17) is 0 Å². The Morgan fingerprint density at radius 2 is 2.00 bits per heavy atom. The van der Waals surface area contributed by atoms with Crippen molar-refractivity contribution in [2.24, 2.45) is 0 Å². The summed E-state index contributed by atoms with van der Waals surface area (Å²) in [6.07, 6.45) is 3.75. The van der Waals surface area contributed by atoms with Gasteiger partial charge in [-0.3, -0.25) is 13.8 Å². The number of hydrogen-bond donors (Lipinski definition) is 0. The Balaban J connectivity index is 1.46. The minimum absolute atomic E-state index is 0.136. The third-order valence-corrected chi connectivity index (χ3v) is 6.16. The van der Waals surface area contributed by atoms with Crippen LogP contribution in [0.15, 0.2) is 63.1 Å². The lowest BCUT2D eigenvalue weighted by Crippen LogP contribution is -2.15. The Labute approximate surface area is 177 Å². The molecule has 9 heteroatoms. The molecule has 1 aliphatic carbocycles. The molecule has 0 radical (unpaired) electrons. The normalized spacial score (nSPS) is 13.9. The molecule has 6 nitrogen and oxygen atoms in total. The van der Waals surface area contributed by atoms with Gasteiger partial charge in [-0.25, -0.2) is 9.37 Å². The van der Waals surface area contributed by atoms with Crippen molar-refractivity contribution >= 4 is 33.3 Å². The molecule has 0 amide bonds. The summed E-state index contributed by atoms with van der Waals surface area (Å²) in [4.78, 5) is 17.0. The molecule has 5 rings (SSSR count). The fourth-order valence-corrected chi connectivity index (χ4v) is 4.44. The fourth-order valence-electron chi connectivity index (χ4n) is 3.20. The molecule has 146 valence electrons. The van der Waals surface area contributed by atoms with Gasteiger partial charge in [0, 0.05) is 28.5 Å². The van der Waals surface area contributed by atoms with E-state index in [9.17, 15) is 9.18 Å². The molecule has 3 aromatic heterocycles. The predicted octanol–water partition coefficient (Wildman–Crippen LogP) is 4.48. The Morgan fingerprint density at radius 3 is 2.79 bits per heavy atom. The summed E-state index contributed by atoms with van der Waals surface area (Å²) >= 11 is 4.82. The first kappa shape index (κ1) is 18.5. The van der Waals surface area contributed by atoms with Crippen molar-refractivity contribution in [2.75, 3.05) is 0 Å². The summed E-state index contributed by atoms with van der Waals surface area (Å²) < 4.78 is 18.6. The highest BCUT2D eigenvalue weighted by Crippen LogP contribution is 2.41. The average molecular weight is 472 g/mol. The summed E-state index contributed by atoms with van der Waals surface area (Å²) in [5, 5.41) is 9.27. The second kappa shape index (κ2) is 7.38. The van der Waals surface area contributed by atoms with Crippen LogP contribution in [0.5, 0.6) is 0 Å². The summed E-state index contributed by atoms with van der Waals surface area (Å²) in [5.74, 6) is 0.711. The van der Waals surface area contributed by atoms with E-state index in [0.717, 1.165) is 17.3 Å². The summed E-state index contributed by atoms with van der Waals surface area (Å²) in [5.41, 5.74) is 1.57. The van der Waals surface area contributed by atoms with Crippen molar-refractivity contribution in [1.29, 1.82) is 0 Å². The number of thioether (sulfide) groups is 1. The fraction of sp³-hybridized carbons (Fsp3) is 0.200. The van der Waals surface area contributed by atoms with E-state index in [1.54, 1.807) is 30.5 Å². The van der Waals surface area contributed by atoms with Crippen LogP contribution in [-0.4, -0.2) is 24.1 Å². The molecule has 4 aromatic rings. The third kappa shape index (κ3) is 3.60. The summed E-state index contributed by atoms with van der Waals surface area (Å²) in [6, 6.07) is 12.1. The molecule has 3 heterocycles. The lowest BCUT2D eigenvalue weighted by atomic mass is 10.2. The first-order valence-electron chi connectivity index (χ1n) is 9.10. The monoisotopic (exact) mass is 471 g/mol. The van der Waals surface area contributed by atoms with Crippen LogP contribution in [0, 0.1) is 5.82 Å². The van der Waals surface area contributed by atoms with Crippen LogP contribution >= 0.6 is 27.7 Å². The molecule has 1 saturated carbocycles. The van der Waals surface area contributed by atoms with Gasteiger partial charge in [-0.15, -0.1) is 10.2 Å². The second-order valence-electron chi connectivity index (χ2n) is 6.84. The highest BCUT2D eigenvalue weighted by atomic mass is 79.9. The van der Waals surface area contributed by atoms with Crippen LogP contribution in [0.1, 0.15) is 24.6 Å². The van der Waals surface area contributed by atoms with Gasteiger partial charge in [0.1, 0.15) is 11.5 Å². The number of benzene rings is 1. The minimum atomic E-state index is -0.311. The van der Waals surface area contributed by atoms with E-state index >= 15 is 0 Å². The molecule has 1 fully saturated rings. The highest BCUT2D eigenvalue weighted by Gasteiger charge is 2.31. The Bertz CT molecular complexity index is 1280. The minimum Gasteiger partial charge on any atom is -0.299 e. The molecule has 0 N–H and O–H groups in total. The van der Waals surface area contributed by atoms with Crippen LogP contribution in [0.4, 0.5) is 4.39 Å². The number of aromatic nitrogens is 5. The Kier molecular flexibility index (Phi) is 4.71. The molecule has 1 aromatic carbocycles. The molecular formula is C20H15BrFN5OS. The van der Waals surface area contributed by atoms with E-state index < -0.39 is 0 Å². The third-order valence-electron chi connectivity index (χ3n) is 4.72. The van der Waals surface area contributed by atoms with Crippen LogP contribution in [0.25, 0.3) is 17.0 Å². The van der Waals surface area contributed by atoms with E-state index in [1.807, 2.05) is 10.6 Å². The Morgan fingerprint density at radius 1 is 1.17 bits per heavy atom. The number of halogens is 2. The number of fused-ring (bicyclic) bond motifs is 1. The van der Waals surface area contributed by atoms with Gasteiger partial charge in [0.15, 0.2) is 11.0 Å². The van der Waals surface area contributed by atoms with E-state index in [0.29, 0.717) is 33.6 Å². The quantitative estimate of drug-likeness (QED) is 0.401. The first-order chi connectivity index (χ1) is 14.1. The number of rotatable bonds is 5. The maximum Gasteiger partial charge on any atom is 0.258 e. The topological polar surface area (TPSA) is 65.1 Å². The van der Waals surface area contributed by atoms with Gasteiger partial charge in [-0.05, 0) is 53.0 Å². The molecule has 0 spiro atoms.